The number of aliphatic hydroxyl groups is 4. The van der Waals surface area contributed by atoms with Gasteiger partial charge in [-0.1, -0.05) is 43.3 Å². The number of carbonyl (C=O) groups is 1. The van der Waals surface area contributed by atoms with E-state index in [2.05, 4.69) is 19.1 Å². The van der Waals surface area contributed by atoms with E-state index in [0.29, 0.717) is 17.7 Å². The van der Waals surface area contributed by atoms with Gasteiger partial charge in [0, 0.05) is 12.8 Å². The Labute approximate surface area is 187 Å². The Morgan fingerprint density at radius 3 is 2.41 bits per heavy atom. The highest BCUT2D eigenvalue weighted by Gasteiger charge is 2.39. The van der Waals surface area contributed by atoms with Crippen LogP contribution in [-0.4, -0.2) is 64.2 Å². The number of rotatable bonds is 9. The van der Waals surface area contributed by atoms with Crippen LogP contribution in [0.5, 0.6) is 5.75 Å². The summed E-state index contributed by atoms with van der Waals surface area (Å²) < 4.78 is 16.6. The molecule has 8 heteroatoms. The molecular formula is C24H30O8. The number of aryl methyl sites for hydroxylation is 1. The molecule has 2 aromatic carbocycles. The highest BCUT2D eigenvalue weighted by atomic mass is 16.7. The van der Waals surface area contributed by atoms with Crippen molar-refractivity contribution in [2.45, 2.75) is 57.4 Å². The molecule has 0 aromatic heterocycles. The van der Waals surface area contributed by atoms with Crippen molar-refractivity contribution in [3.63, 3.8) is 0 Å². The zero-order valence-electron chi connectivity index (χ0n) is 18.0. The highest BCUT2D eigenvalue weighted by Crippen LogP contribution is 2.29. The number of aliphatic hydroxyl groups excluding tert-OH is 4. The summed E-state index contributed by atoms with van der Waals surface area (Å²) >= 11 is 0. The van der Waals surface area contributed by atoms with Crippen LogP contribution in [0.25, 0.3) is 0 Å². The average Bonchev–Trinajstić information content (AvgIpc) is 2.81. The fourth-order valence-electron chi connectivity index (χ4n) is 3.54. The van der Waals surface area contributed by atoms with Crippen molar-refractivity contribution >= 4 is 5.97 Å². The van der Waals surface area contributed by atoms with Gasteiger partial charge in [0.25, 0.3) is 0 Å². The number of hydrogen-bond donors (Lipinski definition) is 4. The van der Waals surface area contributed by atoms with Crippen molar-refractivity contribution in [1.29, 1.82) is 0 Å². The van der Waals surface area contributed by atoms with Crippen LogP contribution >= 0.6 is 0 Å². The molecule has 1 fully saturated rings. The topological polar surface area (TPSA) is 126 Å². The van der Waals surface area contributed by atoms with E-state index in [1.54, 1.807) is 12.1 Å². The monoisotopic (exact) mass is 446 g/mol. The Morgan fingerprint density at radius 2 is 1.75 bits per heavy atom. The lowest BCUT2D eigenvalue weighted by atomic mass is 10.00. The molecule has 1 heterocycles. The van der Waals surface area contributed by atoms with Gasteiger partial charge in [0.05, 0.1) is 18.8 Å². The minimum Gasteiger partial charge on any atom is -0.462 e. The van der Waals surface area contributed by atoms with E-state index >= 15 is 0 Å². The number of benzene rings is 2. The maximum absolute atomic E-state index is 11.2. The summed E-state index contributed by atoms with van der Waals surface area (Å²) in [6.07, 6.45) is -2.80. The first kappa shape index (κ1) is 24.2. The molecule has 1 aliphatic rings. The number of ether oxygens (including phenoxy) is 3. The second-order valence-electron chi connectivity index (χ2n) is 7.83. The Morgan fingerprint density at radius 1 is 1.06 bits per heavy atom. The summed E-state index contributed by atoms with van der Waals surface area (Å²) in [4.78, 5) is 11.2. The van der Waals surface area contributed by atoms with Gasteiger partial charge in [-0.3, -0.25) is 0 Å². The molecule has 174 valence electrons. The van der Waals surface area contributed by atoms with Crippen molar-refractivity contribution in [2.75, 3.05) is 13.2 Å². The summed E-state index contributed by atoms with van der Waals surface area (Å²) in [6.45, 7) is 0.972. The van der Waals surface area contributed by atoms with Gasteiger partial charge in [-0.15, -0.1) is 0 Å². The Kier molecular flexibility index (Phi) is 8.60. The van der Waals surface area contributed by atoms with E-state index in [4.69, 9.17) is 19.3 Å². The molecule has 0 saturated carbocycles. The van der Waals surface area contributed by atoms with Gasteiger partial charge < -0.3 is 34.6 Å². The SMILES string of the molecule is CCc1ccc(Cc2ccc(CO)cc2O[C@H]2O[C@H](COC(=O)CO)C[C@H](O)[C@H]2O)cc1. The standard InChI is InChI=1S/C24H30O8/c1-2-15-3-5-16(6-4-15)9-18-8-7-17(12-25)10-21(18)32-24-23(29)20(27)11-19(31-24)14-30-22(28)13-26/h3-8,10,19-20,23-27,29H,2,9,11-14H2,1H3/t19-,20-,23+,24+/m0/s1. The van der Waals surface area contributed by atoms with Crippen LogP contribution in [0.15, 0.2) is 42.5 Å². The quantitative estimate of drug-likeness (QED) is 0.422. The molecule has 32 heavy (non-hydrogen) atoms. The summed E-state index contributed by atoms with van der Waals surface area (Å²) in [6, 6.07) is 13.6. The number of esters is 1. The van der Waals surface area contributed by atoms with Gasteiger partial charge >= 0.3 is 5.97 Å². The lowest BCUT2D eigenvalue weighted by Gasteiger charge is -2.37. The normalized spacial score (nSPS) is 23.0. The first-order valence-electron chi connectivity index (χ1n) is 10.7. The third-order valence-electron chi connectivity index (χ3n) is 5.45. The van der Waals surface area contributed by atoms with Crippen molar-refractivity contribution < 1.29 is 39.4 Å². The molecule has 0 spiro atoms. The fraction of sp³-hybridized carbons (Fsp3) is 0.458. The largest absolute Gasteiger partial charge is 0.462 e. The van der Waals surface area contributed by atoms with Crippen LogP contribution in [0.2, 0.25) is 0 Å². The first-order valence-corrected chi connectivity index (χ1v) is 10.7. The van der Waals surface area contributed by atoms with Crippen LogP contribution in [0.1, 0.15) is 35.6 Å². The van der Waals surface area contributed by atoms with Crippen LogP contribution in [0, 0.1) is 0 Å². The van der Waals surface area contributed by atoms with Crippen LogP contribution in [0.3, 0.4) is 0 Å². The first-order chi connectivity index (χ1) is 15.4. The fourth-order valence-corrected chi connectivity index (χ4v) is 3.54. The zero-order chi connectivity index (χ0) is 23.1. The van der Waals surface area contributed by atoms with Crippen LogP contribution < -0.4 is 4.74 Å². The second kappa shape index (κ2) is 11.4. The van der Waals surface area contributed by atoms with Crippen molar-refractivity contribution in [1.82, 2.24) is 0 Å². The Bertz CT molecular complexity index is 882. The highest BCUT2D eigenvalue weighted by molar-refractivity contribution is 5.70. The van der Waals surface area contributed by atoms with Crippen molar-refractivity contribution in [2.24, 2.45) is 0 Å². The van der Waals surface area contributed by atoms with Gasteiger partial charge in [0.15, 0.2) is 0 Å². The van der Waals surface area contributed by atoms with Crippen LogP contribution in [-0.2, 0) is 33.7 Å². The predicted molar refractivity (Wildman–Crippen MR) is 115 cm³/mol. The molecule has 0 amide bonds. The van der Waals surface area contributed by atoms with E-state index in [0.717, 1.165) is 17.5 Å². The van der Waals surface area contributed by atoms with Gasteiger partial charge in [0.1, 0.15) is 25.1 Å². The van der Waals surface area contributed by atoms with Crippen molar-refractivity contribution in [3.8, 4) is 5.75 Å². The van der Waals surface area contributed by atoms with Crippen molar-refractivity contribution in [3.05, 3.63) is 64.7 Å². The zero-order valence-corrected chi connectivity index (χ0v) is 18.0. The molecule has 1 saturated heterocycles. The predicted octanol–water partition coefficient (Wildman–Crippen LogP) is 1.08. The maximum Gasteiger partial charge on any atom is 0.331 e. The van der Waals surface area contributed by atoms with E-state index in [9.17, 15) is 20.1 Å². The summed E-state index contributed by atoms with van der Waals surface area (Å²) in [5, 5.41) is 39.0. The third kappa shape index (κ3) is 6.27. The van der Waals surface area contributed by atoms with E-state index in [1.165, 1.54) is 5.56 Å². The molecule has 0 bridgehead atoms. The van der Waals surface area contributed by atoms with E-state index in [-0.39, 0.29) is 19.6 Å². The molecule has 4 atom stereocenters. The minimum atomic E-state index is -1.31. The van der Waals surface area contributed by atoms with Gasteiger partial charge in [-0.25, -0.2) is 4.79 Å². The third-order valence-corrected chi connectivity index (χ3v) is 5.45. The van der Waals surface area contributed by atoms with Gasteiger partial charge in [-0.05, 0) is 34.7 Å². The lowest BCUT2D eigenvalue weighted by molar-refractivity contribution is -0.243. The maximum atomic E-state index is 11.2. The molecule has 8 nitrogen and oxygen atoms in total. The Hall–Kier alpha value is -2.49. The average molecular weight is 446 g/mol. The molecule has 0 radical (unpaired) electrons. The van der Waals surface area contributed by atoms with Gasteiger partial charge in [-0.2, -0.15) is 0 Å². The lowest BCUT2D eigenvalue weighted by Crippen LogP contribution is -2.52. The molecule has 0 aliphatic carbocycles. The van der Waals surface area contributed by atoms with Crippen LogP contribution in [0.4, 0.5) is 0 Å². The molecular weight excluding hydrogens is 416 g/mol. The summed E-state index contributed by atoms with van der Waals surface area (Å²) in [7, 11) is 0. The molecule has 1 aliphatic heterocycles. The second-order valence-corrected chi connectivity index (χ2v) is 7.83. The van der Waals surface area contributed by atoms with Gasteiger partial charge in [0.2, 0.25) is 6.29 Å². The van der Waals surface area contributed by atoms with E-state index < -0.39 is 37.2 Å². The molecule has 0 unspecified atom stereocenters. The summed E-state index contributed by atoms with van der Waals surface area (Å²) in [5.74, 6) is -0.390. The number of carbonyl (C=O) groups excluding carboxylic acids is 1. The molecule has 2 aromatic rings. The summed E-state index contributed by atoms with van der Waals surface area (Å²) in [5.41, 5.74) is 3.76. The minimum absolute atomic E-state index is 0.0487. The van der Waals surface area contributed by atoms with E-state index in [1.807, 2.05) is 18.2 Å². The Balaban J connectivity index is 1.77. The molecule has 3 rings (SSSR count). The smallest absolute Gasteiger partial charge is 0.331 e. The molecule has 4 N–H and O–H groups in total. The number of hydrogen-bond acceptors (Lipinski definition) is 8.